The molecule has 100 valence electrons. The Labute approximate surface area is 128 Å². The molecule has 1 aromatic rings. The van der Waals surface area contributed by atoms with Gasteiger partial charge in [-0.2, -0.15) is 0 Å². The summed E-state index contributed by atoms with van der Waals surface area (Å²) in [7, 11) is 0. The number of carbonyl (C=O) groups is 1. The van der Waals surface area contributed by atoms with Crippen LogP contribution in [0.3, 0.4) is 0 Å². The molecule has 1 saturated heterocycles. The van der Waals surface area contributed by atoms with Crippen LogP contribution in [0.5, 0.6) is 0 Å². The molecule has 0 radical (unpaired) electrons. The number of carbonyl (C=O) groups excluding carboxylic acids is 1. The summed E-state index contributed by atoms with van der Waals surface area (Å²) in [5.74, 6) is 0.770. The quantitative estimate of drug-likeness (QED) is 0.788. The van der Waals surface area contributed by atoms with Gasteiger partial charge in [0, 0.05) is 10.1 Å². The van der Waals surface area contributed by atoms with E-state index >= 15 is 0 Å². The van der Waals surface area contributed by atoms with Crippen molar-refractivity contribution in [2.75, 3.05) is 19.6 Å². The van der Waals surface area contributed by atoms with Crippen molar-refractivity contribution in [3.8, 4) is 0 Å². The predicted octanol–water partition coefficient (Wildman–Crippen LogP) is 2.44. The summed E-state index contributed by atoms with van der Waals surface area (Å²) >= 11 is 2.19. The lowest BCUT2D eigenvalue weighted by atomic mass is 10.1. The number of rotatable bonds is 4. The number of halogens is 2. The predicted molar refractivity (Wildman–Crippen MR) is 84.3 cm³/mol. The number of benzene rings is 1. The van der Waals surface area contributed by atoms with Crippen LogP contribution >= 0.6 is 35.0 Å². The molecule has 2 N–H and O–H groups in total. The summed E-state index contributed by atoms with van der Waals surface area (Å²) in [6.07, 6.45) is 2.31. The van der Waals surface area contributed by atoms with Crippen LogP contribution in [-0.4, -0.2) is 25.5 Å². The van der Waals surface area contributed by atoms with Crippen LogP contribution in [0.25, 0.3) is 0 Å². The second-order valence-electron chi connectivity index (χ2n) is 4.38. The second kappa shape index (κ2) is 7.96. The van der Waals surface area contributed by atoms with Crippen molar-refractivity contribution in [1.82, 2.24) is 10.6 Å². The lowest BCUT2D eigenvalue weighted by Gasteiger charge is -2.10. The van der Waals surface area contributed by atoms with Gasteiger partial charge in [0.15, 0.2) is 0 Å². The molecular weight excluding hydrogens is 363 g/mol. The lowest BCUT2D eigenvalue weighted by molar-refractivity contribution is 0.0951. The fourth-order valence-electron chi connectivity index (χ4n) is 2.09. The van der Waals surface area contributed by atoms with E-state index in [-0.39, 0.29) is 18.3 Å². The van der Waals surface area contributed by atoms with Gasteiger partial charge in [0.25, 0.3) is 5.91 Å². The highest BCUT2D eigenvalue weighted by Crippen LogP contribution is 2.13. The minimum Gasteiger partial charge on any atom is -0.352 e. The fourth-order valence-corrected chi connectivity index (χ4v) is 2.72. The monoisotopic (exact) mass is 380 g/mol. The third kappa shape index (κ3) is 4.40. The van der Waals surface area contributed by atoms with Crippen LogP contribution in [0.4, 0.5) is 0 Å². The first-order valence-corrected chi connectivity index (χ1v) is 7.08. The summed E-state index contributed by atoms with van der Waals surface area (Å²) < 4.78 is 1.00. The molecule has 1 heterocycles. The molecule has 1 aromatic carbocycles. The van der Waals surface area contributed by atoms with Crippen LogP contribution in [0.2, 0.25) is 0 Å². The third-order valence-electron chi connectivity index (χ3n) is 3.12. The highest BCUT2D eigenvalue weighted by atomic mass is 127. The zero-order valence-corrected chi connectivity index (χ0v) is 13.1. The van der Waals surface area contributed by atoms with E-state index in [9.17, 15) is 4.79 Å². The van der Waals surface area contributed by atoms with Crippen LogP contribution < -0.4 is 10.6 Å². The Balaban J connectivity index is 0.00000162. The first-order chi connectivity index (χ1) is 8.27. The molecule has 5 heteroatoms. The number of amides is 1. The van der Waals surface area contributed by atoms with E-state index in [4.69, 9.17) is 0 Å². The molecule has 1 fully saturated rings. The highest BCUT2D eigenvalue weighted by molar-refractivity contribution is 14.1. The topological polar surface area (TPSA) is 41.1 Å². The first-order valence-electron chi connectivity index (χ1n) is 6.01. The maximum absolute atomic E-state index is 11.9. The Hall–Kier alpha value is -0.330. The molecule has 0 bridgehead atoms. The van der Waals surface area contributed by atoms with Gasteiger partial charge in [-0.3, -0.25) is 4.79 Å². The van der Waals surface area contributed by atoms with E-state index in [0.717, 1.165) is 41.1 Å². The van der Waals surface area contributed by atoms with Gasteiger partial charge in [-0.25, -0.2) is 0 Å². The van der Waals surface area contributed by atoms with Crippen LogP contribution in [-0.2, 0) is 0 Å². The molecular formula is C13H18ClIN2O. The molecule has 1 amide bonds. The van der Waals surface area contributed by atoms with Crippen molar-refractivity contribution < 1.29 is 4.79 Å². The number of hydrogen-bond acceptors (Lipinski definition) is 2. The summed E-state index contributed by atoms with van der Waals surface area (Å²) in [4.78, 5) is 11.9. The highest BCUT2D eigenvalue weighted by Gasteiger charge is 2.14. The molecule has 1 atom stereocenters. The average Bonchev–Trinajstić information content (AvgIpc) is 2.82. The molecule has 0 aromatic heterocycles. The van der Waals surface area contributed by atoms with Crippen LogP contribution in [0.1, 0.15) is 23.2 Å². The van der Waals surface area contributed by atoms with Gasteiger partial charge in [-0.1, -0.05) is 12.1 Å². The Morgan fingerprint density at radius 2 is 2.22 bits per heavy atom. The van der Waals surface area contributed by atoms with Gasteiger partial charge < -0.3 is 10.6 Å². The molecule has 1 unspecified atom stereocenters. The lowest BCUT2D eigenvalue weighted by Crippen LogP contribution is -2.27. The van der Waals surface area contributed by atoms with Crippen LogP contribution in [0, 0.1) is 9.49 Å². The zero-order chi connectivity index (χ0) is 12.1. The van der Waals surface area contributed by atoms with E-state index in [1.54, 1.807) is 0 Å². The van der Waals surface area contributed by atoms with Gasteiger partial charge >= 0.3 is 0 Å². The Morgan fingerprint density at radius 1 is 1.44 bits per heavy atom. The Bertz CT molecular complexity index is 394. The van der Waals surface area contributed by atoms with E-state index in [1.165, 1.54) is 6.42 Å². The van der Waals surface area contributed by atoms with Gasteiger partial charge in [-0.05, 0) is 66.6 Å². The summed E-state index contributed by atoms with van der Waals surface area (Å²) in [6.45, 7) is 2.99. The van der Waals surface area contributed by atoms with Crippen molar-refractivity contribution in [1.29, 1.82) is 0 Å². The first kappa shape index (κ1) is 15.7. The van der Waals surface area contributed by atoms with E-state index < -0.39 is 0 Å². The maximum atomic E-state index is 11.9. The summed E-state index contributed by atoms with van der Waals surface area (Å²) in [5.41, 5.74) is 0.776. The average molecular weight is 381 g/mol. The summed E-state index contributed by atoms with van der Waals surface area (Å²) in [5, 5.41) is 6.33. The van der Waals surface area contributed by atoms with Gasteiger partial charge in [0.05, 0.1) is 5.56 Å². The third-order valence-corrected chi connectivity index (χ3v) is 4.06. The van der Waals surface area contributed by atoms with Crippen molar-refractivity contribution >= 4 is 40.9 Å². The van der Waals surface area contributed by atoms with Crippen molar-refractivity contribution in [3.05, 3.63) is 33.4 Å². The fraction of sp³-hybridized carbons (Fsp3) is 0.462. The largest absolute Gasteiger partial charge is 0.352 e. The van der Waals surface area contributed by atoms with Gasteiger partial charge in [0.2, 0.25) is 0 Å². The smallest absolute Gasteiger partial charge is 0.252 e. The van der Waals surface area contributed by atoms with Crippen molar-refractivity contribution in [3.63, 3.8) is 0 Å². The molecule has 0 aliphatic carbocycles. The van der Waals surface area contributed by atoms with E-state index in [0.29, 0.717) is 0 Å². The van der Waals surface area contributed by atoms with Crippen molar-refractivity contribution in [2.24, 2.45) is 5.92 Å². The van der Waals surface area contributed by atoms with Gasteiger partial charge in [-0.15, -0.1) is 12.4 Å². The molecule has 3 nitrogen and oxygen atoms in total. The normalized spacial score (nSPS) is 18.2. The standard InChI is InChI=1S/C13H17IN2O.ClH/c14-12-4-2-1-3-11(12)13(17)16-8-6-10-5-7-15-9-10;/h1-4,10,15H,5-9H2,(H,16,17);1H. The van der Waals surface area contributed by atoms with Crippen molar-refractivity contribution in [2.45, 2.75) is 12.8 Å². The summed E-state index contributed by atoms with van der Waals surface area (Å²) in [6, 6.07) is 7.67. The zero-order valence-electron chi connectivity index (χ0n) is 10.1. The SMILES string of the molecule is Cl.O=C(NCCC1CCNC1)c1ccccc1I. The molecule has 0 saturated carbocycles. The molecule has 18 heavy (non-hydrogen) atoms. The maximum Gasteiger partial charge on any atom is 0.252 e. The van der Waals surface area contributed by atoms with E-state index in [2.05, 4.69) is 33.2 Å². The number of hydrogen-bond donors (Lipinski definition) is 2. The van der Waals surface area contributed by atoms with Gasteiger partial charge in [0.1, 0.15) is 0 Å². The molecule has 1 aliphatic rings. The Morgan fingerprint density at radius 3 is 2.89 bits per heavy atom. The van der Waals surface area contributed by atoms with E-state index in [1.807, 2.05) is 24.3 Å². The second-order valence-corrected chi connectivity index (χ2v) is 5.55. The minimum absolute atomic E-state index is 0. The number of nitrogens with one attached hydrogen (secondary N) is 2. The molecule has 0 spiro atoms. The van der Waals surface area contributed by atoms with Crippen LogP contribution in [0.15, 0.2) is 24.3 Å². The minimum atomic E-state index is 0. The molecule has 1 aliphatic heterocycles. The Kier molecular flexibility index (Phi) is 6.96. The molecule has 2 rings (SSSR count).